The monoisotopic (exact) mass is 399 g/mol. The van der Waals surface area contributed by atoms with Gasteiger partial charge in [0.1, 0.15) is 22.7 Å². The van der Waals surface area contributed by atoms with Crippen LogP contribution in [0.25, 0.3) is 11.3 Å². The number of nitrogens with zero attached hydrogens (tertiary/aromatic N) is 1. The van der Waals surface area contributed by atoms with E-state index >= 15 is 0 Å². The summed E-state index contributed by atoms with van der Waals surface area (Å²) in [5.41, 5.74) is -2.52. The zero-order valence-corrected chi connectivity index (χ0v) is 16.7. The van der Waals surface area contributed by atoms with Crippen molar-refractivity contribution in [3.8, 4) is 17.1 Å². The van der Waals surface area contributed by atoms with E-state index in [-0.39, 0.29) is 23.0 Å². The summed E-state index contributed by atoms with van der Waals surface area (Å²) in [7, 11) is 0. The topological polar surface area (TPSA) is 110 Å². The average Bonchev–Trinajstić information content (AvgIpc) is 2.69. The van der Waals surface area contributed by atoms with Gasteiger partial charge in [-0.15, -0.1) is 0 Å². The van der Waals surface area contributed by atoms with Gasteiger partial charge in [-0.05, 0) is 51.2 Å². The molecule has 0 amide bonds. The van der Waals surface area contributed by atoms with Crippen molar-refractivity contribution in [2.45, 2.75) is 57.3 Å². The molecule has 1 aliphatic carbocycles. The second-order valence-electron chi connectivity index (χ2n) is 8.48. The number of aromatic nitrogens is 1. The van der Waals surface area contributed by atoms with Gasteiger partial charge in [-0.3, -0.25) is 9.78 Å². The molecule has 3 heterocycles. The maximum Gasteiger partial charge on any atom is 0.351 e. The maximum atomic E-state index is 13.3. The predicted octanol–water partition coefficient (Wildman–Crippen LogP) is 2.58. The minimum absolute atomic E-state index is 0.114. The number of aliphatic hydroxyl groups is 2. The third-order valence-electron chi connectivity index (χ3n) is 6.73. The van der Waals surface area contributed by atoms with Gasteiger partial charge in [0.25, 0.3) is 0 Å². The number of fused-ring (bicyclic) bond motifs is 2. The number of rotatable bonds is 3. The Morgan fingerprint density at radius 2 is 2.10 bits per heavy atom. The van der Waals surface area contributed by atoms with Gasteiger partial charge in [0.2, 0.25) is 0 Å². The Bertz CT molecular complexity index is 998. The molecule has 0 aromatic carbocycles. The van der Waals surface area contributed by atoms with Crippen molar-refractivity contribution in [2.75, 3.05) is 0 Å². The molecule has 0 saturated heterocycles. The third-order valence-corrected chi connectivity index (χ3v) is 6.73. The summed E-state index contributed by atoms with van der Waals surface area (Å²) in [5.74, 6) is -1.07. The number of ketones is 1. The molecule has 4 rings (SSSR count). The van der Waals surface area contributed by atoms with Gasteiger partial charge in [-0.1, -0.05) is 6.92 Å². The minimum atomic E-state index is -1.18. The predicted molar refractivity (Wildman–Crippen MR) is 105 cm³/mol. The SMILES string of the molecule is CCC(C)(O)[C@H]1C[C@@H](O)[C@]2(C)Oc3cc(-c4cccnc4)oc(=O)c3C(=O)[C@@H]2C1. The molecule has 7 nitrogen and oxygen atoms in total. The number of ether oxygens (including phenoxy) is 1. The molecule has 7 heteroatoms. The van der Waals surface area contributed by atoms with Crippen LogP contribution >= 0.6 is 0 Å². The maximum absolute atomic E-state index is 13.3. The number of pyridine rings is 1. The summed E-state index contributed by atoms with van der Waals surface area (Å²) in [6, 6.07) is 4.95. The highest BCUT2D eigenvalue weighted by atomic mass is 16.5. The number of hydrogen-bond acceptors (Lipinski definition) is 7. The summed E-state index contributed by atoms with van der Waals surface area (Å²) >= 11 is 0. The number of hydrogen-bond donors (Lipinski definition) is 2. The molecular weight excluding hydrogens is 374 g/mol. The summed E-state index contributed by atoms with van der Waals surface area (Å²) in [4.78, 5) is 30.0. The Kier molecular flexibility index (Phi) is 4.63. The van der Waals surface area contributed by atoms with E-state index in [4.69, 9.17) is 9.15 Å². The zero-order valence-electron chi connectivity index (χ0n) is 16.7. The fourth-order valence-electron chi connectivity index (χ4n) is 4.49. The van der Waals surface area contributed by atoms with Crippen molar-refractivity contribution < 1.29 is 24.2 Å². The van der Waals surface area contributed by atoms with Gasteiger partial charge in [0.15, 0.2) is 5.78 Å². The lowest BCUT2D eigenvalue weighted by molar-refractivity contribution is -0.142. The lowest BCUT2D eigenvalue weighted by Crippen LogP contribution is -2.62. The molecule has 1 fully saturated rings. The summed E-state index contributed by atoms with van der Waals surface area (Å²) in [6.45, 7) is 5.27. The van der Waals surface area contributed by atoms with Crippen LogP contribution in [0, 0.1) is 11.8 Å². The average molecular weight is 399 g/mol. The van der Waals surface area contributed by atoms with Gasteiger partial charge in [0, 0.05) is 24.0 Å². The molecule has 2 aromatic rings. The molecular formula is C22H25NO6. The molecule has 1 aliphatic heterocycles. The smallest absolute Gasteiger partial charge is 0.351 e. The van der Waals surface area contributed by atoms with E-state index in [1.807, 2.05) is 6.92 Å². The summed E-state index contributed by atoms with van der Waals surface area (Å²) in [6.07, 6.45) is 3.33. The molecule has 1 unspecified atom stereocenters. The van der Waals surface area contributed by atoms with Crippen LogP contribution in [0.2, 0.25) is 0 Å². The highest BCUT2D eigenvalue weighted by molar-refractivity contribution is 6.02. The Morgan fingerprint density at radius 1 is 1.34 bits per heavy atom. The van der Waals surface area contributed by atoms with Gasteiger partial charge < -0.3 is 19.4 Å². The van der Waals surface area contributed by atoms with E-state index in [0.717, 1.165) is 0 Å². The van der Waals surface area contributed by atoms with E-state index in [1.54, 1.807) is 38.4 Å². The van der Waals surface area contributed by atoms with Gasteiger partial charge >= 0.3 is 5.63 Å². The largest absolute Gasteiger partial charge is 0.483 e. The first kappa shape index (κ1) is 19.8. The van der Waals surface area contributed by atoms with E-state index in [1.165, 1.54) is 6.07 Å². The first-order valence-corrected chi connectivity index (χ1v) is 9.89. The van der Waals surface area contributed by atoms with Gasteiger partial charge in [-0.25, -0.2) is 4.79 Å². The van der Waals surface area contributed by atoms with Crippen LogP contribution in [0.4, 0.5) is 0 Å². The Morgan fingerprint density at radius 3 is 2.76 bits per heavy atom. The van der Waals surface area contributed by atoms with Crippen LogP contribution in [0.3, 0.4) is 0 Å². The van der Waals surface area contributed by atoms with Gasteiger partial charge in [-0.2, -0.15) is 0 Å². The van der Waals surface area contributed by atoms with Crippen molar-refractivity contribution in [1.29, 1.82) is 0 Å². The first-order valence-electron chi connectivity index (χ1n) is 9.89. The summed E-state index contributed by atoms with van der Waals surface area (Å²) in [5, 5.41) is 21.6. The summed E-state index contributed by atoms with van der Waals surface area (Å²) < 4.78 is 11.5. The molecule has 5 atom stereocenters. The quantitative estimate of drug-likeness (QED) is 0.816. The van der Waals surface area contributed by atoms with Crippen LogP contribution in [-0.2, 0) is 0 Å². The van der Waals surface area contributed by atoms with Crippen molar-refractivity contribution in [3.05, 3.63) is 46.6 Å². The number of Topliss-reactive ketones (excluding diaryl/α,β-unsaturated/α-hetero) is 1. The van der Waals surface area contributed by atoms with Crippen LogP contribution in [-0.4, -0.2) is 38.3 Å². The number of aliphatic hydroxyl groups excluding tert-OH is 1. The van der Waals surface area contributed by atoms with E-state index in [9.17, 15) is 19.8 Å². The van der Waals surface area contributed by atoms with Crippen LogP contribution < -0.4 is 10.4 Å². The highest BCUT2D eigenvalue weighted by Crippen LogP contribution is 2.49. The number of carbonyl (C=O) groups excluding carboxylic acids is 1. The van der Waals surface area contributed by atoms with E-state index in [2.05, 4.69) is 4.98 Å². The second-order valence-corrected chi connectivity index (χ2v) is 8.48. The molecule has 2 aliphatic rings. The fraction of sp³-hybridized carbons (Fsp3) is 0.500. The molecule has 0 radical (unpaired) electrons. The molecule has 1 saturated carbocycles. The lowest BCUT2D eigenvalue weighted by Gasteiger charge is -2.51. The fourth-order valence-corrected chi connectivity index (χ4v) is 4.49. The third kappa shape index (κ3) is 3.09. The van der Waals surface area contributed by atoms with E-state index in [0.29, 0.717) is 24.8 Å². The van der Waals surface area contributed by atoms with Crippen molar-refractivity contribution in [3.63, 3.8) is 0 Å². The Labute approximate surface area is 168 Å². The highest BCUT2D eigenvalue weighted by Gasteiger charge is 2.57. The van der Waals surface area contributed by atoms with Crippen LogP contribution in [0.5, 0.6) is 5.75 Å². The molecule has 0 bridgehead atoms. The number of carbonyl (C=O) groups is 1. The standard InChI is InChI=1S/C22H25NO6/c1-4-21(2,27)13-8-14-19(25)18-16(29-22(14,3)17(24)9-13)10-15(28-20(18)26)12-6-5-7-23-11-12/h5-7,10-11,13-14,17,24,27H,4,8-9H2,1-3H3/t13-,14+,17-,21?,22-/m1/s1. The molecule has 2 N–H and O–H groups in total. The molecule has 0 spiro atoms. The van der Waals surface area contributed by atoms with E-state index < -0.39 is 34.6 Å². The van der Waals surface area contributed by atoms with Gasteiger partial charge in [0.05, 0.1) is 17.6 Å². The first-order chi connectivity index (χ1) is 13.7. The molecule has 29 heavy (non-hydrogen) atoms. The Hall–Kier alpha value is -2.51. The van der Waals surface area contributed by atoms with Crippen molar-refractivity contribution in [2.24, 2.45) is 11.8 Å². The van der Waals surface area contributed by atoms with Crippen LogP contribution in [0.1, 0.15) is 50.4 Å². The molecule has 2 aromatic heterocycles. The minimum Gasteiger partial charge on any atom is -0.483 e. The van der Waals surface area contributed by atoms with Crippen molar-refractivity contribution >= 4 is 5.78 Å². The zero-order chi connectivity index (χ0) is 21.0. The lowest BCUT2D eigenvalue weighted by atomic mass is 9.62. The van der Waals surface area contributed by atoms with Crippen LogP contribution in [0.15, 0.2) is 39.8 Å². The normalized spacial score (nSPS) is 30.7. The Balaban J connectivity index is 1.78. The molecule has 154 valence electrons. The second kappa shape index (κ2) is 6.78. The van der Waals surface area contributed by atoms with Crippen molar-refractivity contribution in [1.82, 2.24) is 4.98 Å².